The number of benzene rings is 1. The van der Waals surface area contributed by atoms with Gasteiger partial charge in [-0.2, -0.15) is 0 Å². The molecule has 174 valence electrons. The SMILES string of the molecule is COc1ccc(OCCCNC(=O)C2CCCN2C(=O)C23CC4CC(CC(C4)C2)C3)cc1. The molecule has 4 bridgehead atoms. The second-order valence-electron chi connectivity index (χ2n) is 10.5. The molecule has 1 aliphatic heterocycles. The molecule has 1 unspecified atom stereocenters. The summed E-state index contributed by atoms with van der Waals surface area (Å²) in [5.41, 5.74) is -0.163. The number of carbonyl (C=O) groups is 2. The summed E-state index contributed by atoms with van der Waals surface area (Å²) < 4.78 is 10.9. The number of hydrogen-bond donors (Lipinski definition) is 1. The molecule has 4 saturated carbocycles. The van der Waals surface area contributed by atoms with Gasteiger partial charge in [0.25, 0.3) is 0 Å². The smallest absolute Gasteiger partial charge is 0.242 e. The maximum Gasteiger partial charge on any atom is 0.242 e. The van der Waals surface area contributed by atoms with Crippen LogP contribution in [-0.2, 0) is 9.59 Å². The first-order valence-electron chi connectivity index (χ1n) is 12.4. The molecule has 6 heteroatoms. The van der Waals surface area contributed by atoms with Gasteiger partial charge in [0.15, 0.2) is 0 Å². The second-order valence-corrected chi connectivity index (χ2v) is 10.5. The van der Waals surface area contributed by atoms with Crippen molar-refractivity contribution < 1.29 is 19.1 Å². The van der Waals surface area contributed by atoms with Crippen LogP contribution in [0.5, 0.6) is 11.5 Å². The zero-order valence-electron chi connectivity index (χ0n) is 19.2. The van der Waals surface area contributed by atoms with Gasteiger partial charge < -0.3 is 19.7 Å². The molecule has 1 N–H and O–H groups in total. The molecule has 4 aliphatic carbocycles. The van der Waals surface area contributed by atoms with Gasteiger partial charge in [-0.25, -0.2) is 0 Å². The standard InChI is InChI=1S/C26H36N2O4/c1-31-21-5-7-22(8-6-21)32-11-3-9-27-24(29)23-4-2-10-28(23)25(30)26-15-18-12-19(16-26)14-20(13-18)17-26/h5-8,18-20,23H,2-4,9-17H2,1H3,(H,27,29). The number of amides is 2. The Morgan fingerprint density at radius 2 is 1.66 bits per heavy atom. The summed E-state index contributed by atoms with van der Waals surface area (Å²) in [4.78, 5) is 28.6. The highest BCUT2D eigenvalue weighted by atomic mass is 16.5. The topological polar surface area (TPSA) is 67.9 Å². The van der Waals surface area contributed by atoms with E-state index in [0.29, 0.717) is 13.2 Å². The Morgan fingerprint density at radius 1 is 1.03 bits per heavy atom. The molecule has 0 spiro atoms. The summed E-state index contributed by atoms with van der Waals surface area (Å²) in [7, 11) is 1.64. The van der Waals surface area contributed by atoms with Gasteiger partial charge in [0.2, 0.25) is 11.8 Å². The maximum atomic E-state index is 13.7. The van der Waals surface area contributed by atoms with Crippen LogP contribution >= 0.6 is 0 Å². The van der Waals surface area contributed by atoms with E-state index in [1.165, 1.54) is 19.3 Å². The molecule has 1 aromatic rings. The van der Waals surface area contributed by atoms with E-state index in [1.807, 2.05) is 29.2 Å². The fourth-order valence-corrected chi connectivity index (χ4v) is 7.22. The van der Waals surface area contributed by atoms with E-state index >= 15 is 0 Å². The van der Waals surface area contributed by atoms with Gasteiger partial charge in [-0.15, -0.1) is 0 Å². The van der Waals surface area contributed by atoms with Gasteiger partial charge >= 0.3 is 0 Å². The molecule has 0 radical (unpaired) electrons. The van der Waals surface area contributed by atoms with Crippen LogP contribution in [0, 0.1) is 23.2 Å². The fourth-order valence-electron chi connectivity index (χ4n) is 7.22. The summed E-state index contributed by atoms with van der Waals surface area (Å²) in [6.45, 7) is 1.83. The number of rotatable bonds is 8. The molecule has 1 saturated heterocycles. The van der Waals surface area contributed by atoms with Crippen LogP contribution in [0.4, 0.5) is 0 Å². The van der Waals surface area contributed by atoms with Crippen molar-refractivity contribution in [2.45, 2.75) is 63.8 Å². The highest BCUT2D eigenvalue weighted by Crippen LogP contribution is 2.60. The van der Waals surface area contributed by atoms with Crippen LogP contribution in [0.2, 0.25) is 0 Å². The van der Waals surface area contributed by atoms with Crippen molar-refractivity contribution in [1.29, 1.82) is 0 Å². The van der Waals surface area contributed by atoms with Crippen molar-refractivity contribution in [3.05, 3.63) is 24.3 Å². The molecular weight excluding hydrogens is 404 g/mol. The molecule has 6 rings (SSSR count). The molecule has 32 heavy (non-hydrogen) atoms. The minimum atomic E-state index is -0.294. The highest BCUT2D eigenvalue weighted by molar-refractivity contribution is 5.91. The van der Waals surface area contributed by atoms with E-state index in [4.69, 9.17) is 9.47 Å². The van der Waals surface area contributed by atoms with Gasteiger partial charge in [-0.05, 0) is 99.8 Å². The molecule has 1 heterocycles. The van der Waals surface area contributed by atoms with Crippen LogP contribution in [0.15, 0.2) is 24.3 Å². The Morgan fingerprint density at radius 3 is 2.28 bits per heavy atom. The molecule has 6 nitrogen and oxygen atoms in total. The van der Waals surface area contributed by atoms with E-state index in [9.17, 15) is 9.59 Å². The predicted octanol–water partition coefficient (Wildman–Crippen LogP) is 3.79. The average Bonchev–Trinajstić information content (AvgIpc) is 3.27. The predicted molar refractivity (Wildman–Crippen MR) is 121 cm³/mol. The lowest BCUT2D eigenvalue weighted by molar-refractivity contribution is -0.160. The number of nitrogens with one attached hydrogen (secondary N) is 1. The van der Waals surface area contributed by atoms with Crippen molar-refractivity contribution in [2.75, 3.05) is 26.8 Å². The molecule has 5 aliphatic rings. The third kappa shape index (κ3) is 4.20. The Bertz CT molecular complexity index is 801. The molecule has 5 fully saturated rings. The minimum absolute atomic E-state index is 0.00465. The third-order valence-electron chi connectivity index (χ3n) is 8.26. The summed E-state index contributed by atoms with van der Waals surface area (Å²) >= 11 is 0. The normalized spacial score (nSPS) is 32.7. The molecular formula is C26H36N2O4. The Labute approximate surface area is 191 Å². The molecule has 1 aromatic carbocycles. The van der Waals surface area contributed by atoms with Gasteiger partial charge in [-0.3, -0.25) is 9.59 Å². The van der Waals surface area contributed by atoms with Crippen LogP contribution in [-0.4, -0.2) is 49.6 Å². The Hall–Kier alpha value is -2.24. The van der Waals surface area contributed by atoms with Crippen molar-refractivity contribution in [3.63, 3.8) is 0 Å². The highest BCUT2D eigenvalue weighted by Gasteiger charge is 2.56. The van der Waals surface area contributed by atoms with E-state index in [2.05, 4.69) is 5.32 Å². The lowest BCUT2D eigenvalue weighted by atomic mass is 9.49. The first-order valence-corrected chi connectivity index (χ1v) is 12.4. The van der Waals surface area contributed by atoms with Gasteiger partial charge in [-0.1, -0.05) is 0 Å². The van der Waals surface area contributed by atoms with Gasteiger partial charge in [0.05, 0.1) is 19.1 Å². The summed E-state index contributed by atoms with van der Waals surface area (Å²) in [6.07, 6.45) is 9.61. The fraction of sp³-hybridized carbons (Fsp3) is 0.692. The zero-order valence-corrected chi connectivity index (χ0v) is 19.2. The zero-order chi connectivity index (χ0) is 22.1. The number of likely N-dealkylation sites (tertiary alicyclic amines) is 1. The van der Waals surface area contributed by atoms with Gasteiger partial charge in [0, 0.05) is 13.1 Å². The van der Waals surface area contributed by atoms with Crippen molar-refractivity contribution in [1.82, 2.24) is 10.2 Å². The van der Waals surface area contributed by atoms with Crippen LogP contribution in [0.3, 0.4) is 0 Å². The lowest BCUT2D eigenvalue weighted by Crippen LogP contribution is -2.57. The Kier molecular flexibility index (Phi) is 6.04. The molecule has 0 aromatic heterocycles. The summed E-state index contributed by atoms with van der Waals surface area (Å²) in [5.74, 6) is 4.11. The number of hydrogen-bond acceptors (Lipinski definition) is 4. The largest absolute Gasteiger partial charge is 0.497 e. The first kappa shape index (κ1) is 21.6. The lowest BCUT2D eigenvalue weighted by Gasteiger charge is -2.56. The van der Waals surface area contributed by atoms with Crippen LogP contribution < -0.4 is 14.8 Å². The van der Waals surface area contributed by atoms with E-state index in [0.717, 1.165) is 74.3 Å². The van der Waals surface area contributed by atoms with Crippen LogP contribution in [0.1, 0.15) is 57.8 Å². The first-order chi connectivity index (χ1) is 15.6. The second kappa shape index (κ2) is 8.95. The monoisotopic (exact) mass is 440 g/mol. The summed E-state index contributed by atoms with van der Waals surface area (Å²) in [6, 6.07) is 7.20. The maximum absolute atomic E-state index is 13.7. The van der Waals surface area contributed by atoms with E-state index in [1.54, 1.807) is 7.11 Å². The van der Waals surface area contributed by atoms with Crippen molar-refractivity contribution in [3.8, 4) is 11.5 Å². The minimum Gasteiger partial charge on any atom is -0.497 e. The summed E-state index contributed by atoms with van der Waals surface area (Å²) in [5, 5.41) is 3.05. The Balaban J connectivity index is 1.10. The van der Waals surface area contributed by atoms with Crippen molar-refractivity contribution >= 4 is 11.8 Å². The number of nitrogens with zero attached hydrogens (tertiary/aromatic N) is 1. The molecule has 1 atom stereocenters. The van der Waals surface area contributed by atoms with E-state index < -0.39 is 0 Å². The number of methoxy groups -OCH3 is 1. The van der Waals surface area contributed by atoms with Crippen LogP contribution in [0.25, 0.3) is 0 Å². The van der Waals surface area contributed by atoms with E-state index in [-0.39, 0.29) is 23.3 Å². The third-order valence-corrected chi connectivity index (χ3v) is 8.26. The quantitative estimate of drug-likeness (QED) is 0.625. The number of ether oxygens (including phenoxy) is 2. The average molecular weight is 441 g/mol. The number of carbonyl (C=O) groups excluding carboxylic acids is 2. The molecule has 2 amide bonds. The van der Waals surface area contributed by atoms with Crippen molar-refractivity contribution in [2.24, 2.45) is 23.2 Å². The van der Waals surface area contributed by atoms with Gasteiger partial charge in [0.1, 0.15) is 17.5 Å².